The summed E-state index contributed by atoms with van der Waals surface area (Å²) in [4.78, 5) is 2.36. The normalized spacial score (nSPS) is 14.3. The predicted octanol–water partition coefficient (Wildman–Crippen LogP) is 19.3. The molecule has 1 unspecified atom stereocenters. The molecule has 1 atom stereocenters. The largest absolute Gasteiger partial charge is 0.455 e. The molecule has 3 nitrogen and oxygen atoms in total. The summed E-state index contributed by atoms with van der Waals surface area (Å²) in [6, 6.07) is 81.7. The maximum atomic E-state index is 6.67. The van der Waals surface area contributed by atoms with E-state index in [1.165, 1.54) is 54.9 Å². The number of fused-ring (bicyclic) bond motifs is 13. The Bertz CT molecular complexity index is 4000. The van der Waals surface area contributed by atoms with Crippen molar-refractivity contribution in [1.29, 1.82) is 0 Å². The number of rotatable bonds is 8. The quantitative estimate of drug-likeness (QED) is 0.152. The van der Waals surface area contributed by atoms with Crippen LogP contribution in [-0.4, -0.2) is 0 Å². The molecule has 1 aliphatic carbocycles. The Morgan fingerprint density at radius 1 is 0.371 bits per heavy atom. The minimum absolute atomic E-state index is 0.0161. The molecular formula is C67H47NO2. The van der Waals surface area contributed by atoms with E-state index in [9.17, 15) is 0 Å². The standard InChI is InChI=1S/C67H47NO2/c1-3-38-67(2)59-21-11-8-18-53(59)54-37-30-45(41-60(54)67)42-24-31-48(32-25-42)68(49-33-26-43(27-34-49)57-39-46-14-4-6-16-51(46)63-55-19-9-12-22-61(55)69-65(57)63)50-35-28-44(29-36-50)58-40-47-15-5-7-17-52(47)64-56-20-10-13-23-62(56)70-66(58)64/h4-37,39-41H,3,38H2,1-2H3. The topological polar surface area (TPSA) is 29.5 Å². The van der Waals surface area contributed by atoms with E-state index in [1.54, 1.807) is 0 Å². The summed E-state index contributed by atoms with van der Waals surface area (Å²) in [5, 5.41) is 9.36. The van der Waals surface area contributed by atoms with Crippen LogP contribution in [0.2, 0.25) is 0 Å². The van der Waals surface area contributed by atoms with Gasteiger partial charge in [0, 0.05) is 55.1 Å². The second-order valence-corrected chi connectivity index (χ2v) is 19.3. The lowest BCUT2D eigenvalue weighted by molar-refractivity contribution is 0.524. The molecule has 3 heteroatoms. The molecule has 11 aromatic carbocycles. The highest BCUT2D eigenvalue weighted by molar-refractivity contribution is 6.23. The van der Waals surface area contributed by atoms with Crippen LogP contribution in [0.1, 0.15) is 37.8 Å². The Morgan fingerprint density at radius 3 is 1.33 bits per heavy atom. The van der Waals surface area contributed by atoms with Gasteiger partial charge in [-0.3, -0.25) is 0 Å². The molecule has 70 heavy (non-hydrogen) atoms. The zero-order valence-corrected chi connectivity index (χ0v) is 39.0. The molecule has 0 N–H and O–H groups in total. The van der Waals surface area contributed by atoms with Gasteiger partial charge in [0.05, 0.1) is 0 Å². The summed E-state index contributed by atoms with van der Waals surface area (Å²) in [5.74, 6) is 0. The van der Waals surface area contributed by atoms with Crippen molar-refractivity contribution in [2.24, 2.45) is 0 Å². The van der Waals surface area contributed by atoms with Crippen LogP contribution in [-0.2, 0) is 5.41 Å². The van der Waals surface area contributed by atoms with Gasteiger partial charge in [-0.2, -0.15) is 0 Å². The Hall–Kier alpha value is -8.66. The van der Waals surface area contributed by atoms with Crippen LogP contribution in [0.3, 0.4) is 0 Å². The monoisotopic (exact) mass is 897 g/mol. The molecule has 332 valence electrons. The molecule has 0 fully saturated rings. The lowest BCUT2D eigenvalue weighted by Crippen LogP contribution is -2.20. The van der Waals surface area contributed by atoms with Crippen LogP contribution in [0.25, 0.3) is 110 Å². The van der Waals surface area contributed by atoms with Gasteiger partial charge in [-0.05, 0) is 139 Å². The number of hydrogen-bond donors (Lipinski definition) is 0. The summed E-state index contributed by atoms with van der Waals surface area (Å²) in [7, 11) is 0. The first-order chi connectivity index (χ1) is 34.5. The van der Waals surface area contributed by atoms with Gasteiger partial charge in [0.1, 0.15) is 22.3 Å². The van der Waals surface area contributed by atoms with Crippen molar-refractivity contribution in [1.82, 2.24) is 0 Å². The molecule has 2 aromatic heterocycles. The molecule has 0 bridgehead atoms. The minimum Gasteiger partial charge on any atom is -0.455 e. The highest BCUT2D eigenvalue weighted by atomic mass is 16.3. The van der Waals surface area contributed by atoms with Crippen LogP contribution >= 0.6 is 0 Å². The second kappa shape index (κ2) is 15.7. The Balaban J connectivity index is 0.886. The first-order valence-corrected chi connectivity index (χ1v) is 24.5. The number of furan rings is 2. The molecule has 0 saturated heterocycles. The average Bonchev–Trinajstić information content (AvgIpc) is 4.08. The van der Waals surface area contributed by atoms with Crippen molar-refractivity contribution in [3.05, 3.63) is 236 Å². The zero-order valence-electron chi connectivity index (χ0n) is 39.0. The predicted molar refractivity (Wildman–Crippen MR) is 294 cm³/mol. The Kier molecular flexibility index (Phi) is 9.06. The van der Waals surface area contributed by atoms with Gasteiger partial charge in [-0.1, -0.05) is 178 Å². The smallest absolute Gasteiger partial charge is 0.143 e. The van der Waals surface area contributed by atoms with Gasteiger partial charge in [-0.15, -0.1) is 0 Å². The molecule has 13 aromatic rings. The van der Waals surface area contributed by atoms with Gasteiger partial charge < -0.3 is 13.7 Å². The minimum atomic E-state index is -0.0161. The molecule has 0 spiro atoms. The van der Waals surface area contributed by atoms with Crippen LogP contribution in [0.15, 0.2) is 233 Å². The van der Waals surface area contributed by atoms with E-state index in [0.717, 1.165) is 96.0 Å². The van der Waals surface area contributed by atoms with Crippen molar-refractivity contribution in [2.75, 3.05) is 4.90 Å². The molecule has 14 rings (SSSR count). The van der Waals surface area contributed by atoms with Gasteiger partial charge in [0.25, 0.3) is 0 Å². The van der Waals surface area contributed by atoms with Gasteiger partial charge in [0.2, 0.25) is 0 Å². The first-order valence-electron chi connectivity index (χ1n) is 24.5. The van der Waals surface area contributed by atoms with Crippen LogP contribution < -0.4 is 4.90 Å². The summed E-state index contributed by atoms with van der Waals surface area (Å²) in [6.45, 7) is 4.73. The Labute approximate surface area is 406 Å². The fourth-order valence-corrected chi connectivity index (χ4v) is 11.9. The van der Waals surface area contributed by atoms with E-state index in [0.29, 0.717) is 0 Å². The maximum Gasteiger partial charge on any atom is 0.143 e. The van der Waals surface area contributed by atoms with Crippen molar-refractivity contribution in [3.63, 3.8) is 0 Å². The number of anilines is 3. The van der Waals surface area contributed by atoms with E-state index in [4.69, 9.17) is 8.83 Å². The van der Waals surface area contributed by atoms with Crippen LogP contribution in [0.4, 0.5) is 17.1 Å². The van der Waals surface area contributed by atoms with Gasteiger partial charge in [-0.25, -0.2) is 0 Å². The summed E-state index contributed by atoms with van der Waals surface area (Å²) < 4.78 is 13.3. The van der Waals surface area contributed by atoms with E-state index < -0.39 is 0 Å². The SMILES string of the molecule is CCCC1(C)c2ccccc2-c2ccc(-c3ccc(N(c4ccc(-c5cc6ccccc6c6c5oc5ccccc56)cc4)c4ccc(-c5cc6ccccc6c6c5oc5ccccc56)cc4)cc3)cc21. The van der Waals surface area contributed by atoms with Crippen LogP contribution in [0.5, 0.6) is 0 Å². The van der Waals surface area contributed by atoms with Crippen molar-refractivity contribution >= 4 is 82.5 Å². The summed E-state index contributed by atoms with van der Waals surface area (Å²) >= 11 is 0. The first kappa shape index (κ1) is 40.4. The van der Waals surface area contributed by atoms with E-state index >= 15 is 0 Å². The zero-order chi connectivity index (χ0) is 46.5. The molecule has 0 saturated carbocycles. The maximum absolute atomic E-state index is 6.67. The third kappa shape index (κ3) is 6.14. The number of nitrogens with zero attached hydrogens (tertiary/aromatic N) is 1. The lowest BCUT2D eigenvalue weighted by Gasteiger charge is -2.27. The Morgan fingerprint density at radius 2 is 0.800 bits per heavy atom. The summed E-state index contributed by atoms with van der Waals surface area (Å²) in [5.41, 5.74) is 19.2. The summed E-state index contributed by atoms with van der Waals surface area (Å²) in [6.07, 6.45) is 2.24. The number of hydrogen-bond acceptors (Lipinski definition) is 3. The van der Waals surface area contributed by atoms with E-state index in [-0.39, 0.29) is 5.41 Å². The lowest BCUT2D eigenvalue weighted by atomic mass is 9.76. The molecule has 0 amide bonds. The number of para-hydroxylation sites is 2. The third-order valence-electron chi connectivity index (χ3n) is 15.2. The second-order valence-electron chi connectivity index (χ2n) is 19.3. The molecule has 0 aliphatic heterocycles. The van der Waals surface area contributed by atoms with E-state index in [1.807, 2.05) is 12.1 Å². The van der Waals surface area contributed by atoms with Crippen molar-refractivity contribution < 1.29 is 8.83 Å². The molecule has 0 radical (unpaired) electrons. The van der Waals surface area contributed by atoms with E-state index in [2.05, 4.69) is 231 Å². The fraction of sp³-hybridized carbons (Fsp3) is 0.0746. The third-order valence-corrected chi connectivity index (χ3v) is 15.2. The van der Waals surface area contributed by atoms with Crippen molar-refractivity contribution in [2.45, 2.75) is 32.1 Å². The van der Waals surface area contributed by atoms with Gasteiger partial charge in [0.15, 0.2) is 0 Å². The molecular weight excluding hydrogens is 851 g/mol. The molecule has 1 aliphatic rings. The fourth-order valence-electron chi connectivity index (χ4n) is 11.9. The van der Waals surface area contributed by atoms with Crippen LogP contribution in [0, 0.1) is 0 Å². The van der Waals surface area contributed by atoms with Crippen molar-refractivity contribution in [3.8, 4) is 44.5 Å². The van der Waals surface area contributed by atoms with Gasteiger partial charge >= 0.3 is 0 Å². The highest BCUT2D eigenvalue weighted by Gasteiger charge is 2.38. The molecule has 2 heterocycles. The highest BCUT2D eigenvalue weighted by Crippen LogP contribution is 2.52. The average molecular weight is 898 g/mol. The number of benzene rings is 11.